The zero-order valence-corrected chi connectivity index (χ0v) is 30.8. The van der Waals surface area contributed by atoms with Gasteiger partial charge in [0.25, 0.3) is 5.56 Å². The van der Waals surface area contributed by atoms with Crippen LogP contribution >= 0.6 is 0 Å². The van der Waals surface area contributed by atoms with Gasteiger partial charge in [0.1, 0.15) is 11.4 Å². The Labute approximate surface area is 308 Å². The first kappa shape index (κ1) is 41.3. The number of hydrogen-bond donors (Lipinski definition) is 0. The van der Waals surface area contributed by atoms with Gasteiger partial charge in [-0.3, -0.25) is 23.6 Å². The number of amides is 1. The second kappa shape index (κ2) is 17.1. The van der Waals surface area contributed by atoms with Crippen LogP contribution in [0.2, 0.25) is 0 Å². The van der Waals surface area contributed by atoms with Crippen LogP contribution in [0.3, 0.4) is 0 Å². The molecule has 1 amide bonds. The van der Waals surface area contributed by atoms with Crippen molar-refractivity contribution in [2.75, 3.05) is 20.3 Å². The van der Waals surface area contributed by atoms with Gasteiger partial charge in [0, 0.05) is 29.8 Å². The summed E-state index contributed by atoms with van der Waals surface area (Å²) in [6.45, 7) is 6.20. The summed E-state index contributed by atoms with van der Waals surface area (Å²) in [6, 6.07) is 13.4. The molecular weight excluding hydrogens is 717 g/mol. The van der Waals surface area contributed by atoms with Gasteiger partial charge in [-0.2, -0.15) is 13.2 Å². The first-order valence-electron chi connectivity index (χ1n) is 17.1. The van der Waals surface area contributed by atoms with Crippen molar-refractivity contribution in [2.24, 2.45) is 0 Å². The monoisotopic (exact) mass is 759 g/mol. The van der Waals surface area contributed by atoms with E-state index in [1.807, 2.05) is 0 Å². The predicted molar refractivity (Wildman–Crippen MR) is 190 cm³/mol. The number of ether oxygens (including phenoxy) is 3. The van der Waals surface area contributed by atoms with E-state index < -0.39 is 82.5 Å². The maximum Gasteiger partial charge on any atom is 0.416 e. The lowest BCUT2D eigenvalue weighted by Crippen LogP contribution is -2.47. The van der Waals surface area contributed by atoms with Crippen LogP contribution in [0.25, 0.3) is 11.1 Å². The largest absolute Gasteiger partial charge is 0.494 e. The minimum atomic E-state index is -5.01. The Morgan fingerprint density at radius 3 is 2.19 bits per heavy atom. The SMILES string of the molecule is CCOC(=O)CCCN(C(=O)OC(C)(C)C)[C@@H](Cn1c(=O)c(-c2cccc(OC)c2F)c(C)n(Cc2c(F)cccc2C(F)(F)F)c1=O)c1ccccc1. The minimum Gasteiger partial charge on any atom is -0.494 e. The highest BCUT2D eigenvalue weighted by Crippen LogP contribution is 2.35. The molecule has 1 atom stereocenters. The third-order valence-electron chi connectivity index (χ3n) is 8.51. The van der Waals surface area contributed by atoms with Gasteiger partial charge in [0.2, 0.25) is 0 Å². The second-order valence-electron chi connectivity index (χ2n) is 13.3. The number of carbonyl (C=O) groups is 2. The average Bonchev–Trinajstić information content (AvgIpc) is 3.09. The zero-order chi connectivity index (χ0) is 40.0. The summed E-state index contributed by atoms with van der Waals surface area (Å²) >= 11 is 0. The van der Waals surface area contributed by atoms with Crippen LogP contribution in [0.5, 0.6) is 5.75 Å². The van der Waals surface area contributed by atoms with E-state index in [0.717, 1.165) is 16.7 Å². The minimum absolute atomic E-state index is 0.0855. The number of alkyl halides is 3. The number of benzene rings is 3. The summed E-state index contributed by atoms with van der Waals surface area (Å²) in [6.07, 6.45) is -5.88. The van der Waals surface area contributed by atoms with E-state index in [4.69, 9.17) is 14.2 Å². The normalized spacial score (nSPS) is 12.3. The third-order valence-corrected chi connectivity index (χ3v) is 8.51. The molecule has 1 heterocycles. The molecule has 0 spiro atoms. The highest BCUT2D eigenvalue weighted by molar-refractivity contribution is 5.71. The van der Waals surface area contributed by atoms with Crippen molar-refractivity contribution in [2.45, 2.75) is 78.4 Å². The fourth-order valence-corrected chi connectivity index (χ4v) is 6.02. The lowest BCUT2D eigenvalue weighted by atomic mass is 10.0. The Morgan fingerprint density at radius 2 is 1.57 bits per heavy atom. The predicted octanol–water partition coefficient (Wildman–Crippen LogP) is 7.66. The highest BCUT2D eigenvalue weighted by atomic mass is 19.4. The Morgan fingerprint density at radius 1 is 0.907 bits per heavy atom. The maximum absolute atomic E-state index is 15.9. The molecule has 0 saturated heterocycles. The molecule has 0 radical (unpaired) electrons. The summed E-state index contributed by atoms with van der Waals surface area (Å²) in [7, 11) is 1.20. The van der Waals surface area contributed by atoms with Crippen molar-refractivity contribution >= 4 is 12.1 Å². The van der Waals surface area contributed by atoms with Gasteiger partial charge < -0.3 is 14.2 Å². The number of rotatable bonds is 13. The fourth-order valence-electron chi connectivity index (χ4n) is 6.02. The van der Waals surface area contributed by atoms with Crippen molar-refractivity contribution in [3.63, 3.8) is 0 Å². The van der Waals surface area contributed by atoms with Crippen molar-refractivity contribution in [3.8, 4) is 16.9 Å². The third kappa shape index (κ3) is 9.54. The highest BCUT2D eigenvalue weighted by Gasteiger charge is 2.36. The molecule has 0 aliphatic rings. The fraction of sp³-hybridized carbons (Fsp3) is 0.385. The number of carbonyl (C=O) groups excluding carboxylic acids is 2. The molecule has 10 nitrogen and oxygen atoms in total. The number of nitrogens with zero attached hydrogens (tertiary/aromatic N) is 3. The van der Waals surface area contributed by atoms with Crippen molar-refractivity contribution in [1.82, 2.24) is 14.0 Å². The molecule has 0 bridgehead atoms. The van der Waals surface area contributed by atoms with E-state index in [0.29, 0.717) is 16.2 Å². The van der Waals surface area contributed by atoms with Gasteiger partial charge in [0.15, 0.2) is 11.6 Å². The van der Waals surface area contributed by atoms with Crippen molar-refractivity contribution in [1.29, 1.82) is 0 Å². The van der Waals surface area contributed by atoms with Crippen LogP contribution in [0.1, 0.15) is 69.0 Å². The zero-order valence-electron chi connectivity index (χ0n) is 30.8. The Kier molecular flexibility index (Phi) is 13.1. The smallest absolute Gasteiger partial charge is 0.416 e. The molecule has 0 N–H and O–H groups in total. The standard InChI is InChI=1S/C39H42F5N3O7/c1-7-53-32(48)20-13-21-45(37(51)54-38(3,4)5)30(25-14-9-8-10-15-25)23-47-35(49)33(26-16-11-19-31(52-6)34(26)41)24(2)46(36(47)50)22-27-28(39(42,43)44)17-12-18-29(27)40/h8-12,14-19,30H,7,13,20-23H2,1-6H3/t30-/m0/s1. The van der Waals surface area contributed by atoms with E-state index in [9.17, 15) is 32.3 Å². The lowest BCUT2D eigenvalue weighted by Gasteiger charge is -2.34. The van der Waals surface area contributed by atoms with Crippen LogP contribution in [0.15, 0.2) is 76.3 Å². The van der Waals surface area contributed by atoms with E-state index >= 15 is 8.78 Å². The molecule has 0 saturated carbocycles. The number of hydrogen-bond acceptors (Lipinski definition) is 7. The van der Waals surface area contributed by atoms with Crippen LogP contribution in [-0.2, 0) is 33.5 Å². The second-order valence-corrected chi connectivity index (χ2v) is 13.3. The molecular formula is C39H42F5N3O7. The van der Waals surface area contributed by atoms with Crippen molar-refractivity contribution in [3.05, 3.63) is 122 Å². The van der Waals surface area contributed by atoms with Crippen molar-refractivity contribution < 1.29 is 45.8 Å². The van der Waals surface area contributed by atoms with E-state index in [2.05, 4.69) is 0 Å². The first-order chi connectivity index (χ1) is 25.4. The number of methoxy groups -OCH3 is 1. The van der Waals surface area contributed by atoms with Gasteiger partial charge >= 0.3 is 23.9 Å². The lowest BCUT2D eigenvalue weighted by molar-refractivity contribution is -0.143. The average molecular weight is 760 g/mol. The van der Waals surface area contributed by atoms with Crippen LogP contribution < -0.4 is 16.0 Å². The molecule has 0 aliphatic carbocycles. The van der Waals surface area contributed by atoms with Crippen LogP contribution in [0.4, 0.5) is 26.7 Å². The van der Waals surface area contributed by atoms with Gasteiger partial charge in [-0.15, -0.1) is 0 Å². The topological polar surface area (TPSA) is 109 Å². The van der Waals surface area contributed by atoms with E-state index in [1.54, 1.807) is 58.0 Å². The molecule has 3 aromatic carbocycles. The Bertz CT molecular complexity index is 2090. The van der Waals surface area contributed by atoms with E-state index in [1.165, 1.54) is 37.1 Å². The van der Waals surface area contributed by atoms with Gasteiger partial charge in [0.05, 0.1) is 44.0 Å². The molecule has 4 aromatic rings. The molecule has 0 aliphatic heterocycles. The van der Waals surface area contributed by atoms with Gasteiger partial charge in [-0.1, -0.05) is 48.5 Å². The molecule has 290 valence electrons. The summed E-state index contributed by atoms with van der Waals surface area (Å²) in [5, 5.41) is 0. The molecule has 0 unspecified atom stereocenters. The maximum atomic E-state index is 15.9. The number of halogens is 5. The summed E-state index contributed by atoms with van der Waals surface area (Å²) in [5.74, 6) is -3.04. The van der Waals surface area contributed by atoms with Crippen LogP contribution in [0, 0.1) is 18.6 Å². The summed E-state index contributed by atoms with van der Waals surface area (Å²) in [5.41, 5.74) is -6.00. The summed E-state index contributed by atoms with van der Waals surface area (Å²) in [4.78, 5) is 56.3. The van der Waals surface area contributed by atoms with Gasteiger partial charge in [-0.05, 0) is 64.8 Å². The molecule has 1 aromatic heterocycles. The quantitative estimate of drug-likeness (QED) is 0.102. The molecule has 0 fully saturated rings. The molecule has 15 heteroatoms. The Balaban J connectivity index is 2.02. The molecule has 54 heavy (non-hydrogen) atoms. The van der Waals surface area contributed by atoms with Crippen LogP contribution in [-0.4, -0.2) is 52.0 Å². The Hall–Kier alpha value is -5.47. The molecule has 4 rings (SSSR count). The summed E-state index contributed by atoms with van der Waals surface area (Å²) < 4.78 is 90.8. The number of esters is 1. The van der Waals surface area contributed by atoms with E-state index in [-0.39, 0.29) is 43.0 Å². The number of aromatic nitrogens is 2. The van der Waals surface area contributed by atoms with Gasteiger partial charge in [-0.25, -0.2) is 18.4 Å². The first-order valence-corrected chi connectivity index (χ1v) is 17.1.